The van der Waals surface area contributed by atoms with E-state index in [0.29, 0.717) is 0 Å². The summed E-state index contributed by atoms with van der Waals surface area (Å²) in [6, 6.07) is 0. The van der Waals surface area contributed by atoms with Crippen molar-refractivity contribution in [1.82, 2.24) is 0 Å². The molecule has 0 aliphatic carbocycles. The van der Waals surface area contributed by atoms with Crippen LogP contribution in [-0.4, -0.2) is 26.2 Å². The van der Waals surface area contributed by atoms with Crippen LogP contribution in [0.15, 0.2) is 0 Å². The van der Waals surface area contributed by atoms with Gasteiger partial charge >= 0.3 is 0 Å². The van der Waals surface area contributed by atoms with Crippen molar-refractivity contribution in [2.24, 2.45) is 0 Å². The fraction of sp³-hybridized carbons (Fsp3) is 0.750. The maximum absolute atomic E-state index is 2.08. The van der Waals surface area contributed by atoms with Gasteiger partial charge < -0.3 is 0 Å². The standard InChI is InChI=1S/2C4H9.Bi.H2/c2*1-4(2)3;;/h2*1-3H3;;1H. The largest absolute Gasteiger partial charge is 0.0597 e. The van der Waals surface area contributed by atoms with Gasteiger partial charge in [-0.25, -0.2) is 0 Å². The summed E-state index contributed by atoms with van der Waals surface area (Å²) in [5.74, 6) is 2.83. The molecule has 9 heavy (non-hydrogen) atoms. The van der Waals surface area contributed by atoms with E-state index in [-0.39, 0.29) is 27.6 Å². The summed E-state index contributed by atoms with van der Waals surface area (Å²) >= 11 is 0. The second kappa shape index (κ2) is 11.7. The molecule has 0 amide bonds. The van der Waals surface area contributed by atoms with E-state index in [9.17, 15) is 0 Å². The molecule has 57 valence electrons. The van der Waals surface area contributed by atoms with Crippen molar-refractivity contribution >= 4 is 26.2 Å². The van der Waals surface area contributed by atoms with Crippen LogP contribution in [0.5, 0.6) is 0 Å². The maximum Gasteiger partial charge on any atom is 0 e. The van der Waals surface area contributed by atoms with Gasteiger partial charge in [0.1, 0.15) is 0 Å². The number of hydrogen-bond acceptors (Lipinski definition) is 0. The van der Waals surface area contributed by atoms with Gasteiger partial charge in [0.2, 0.25) is 0 Å². The van der Waals surface area contributed by atoms with E-state index < -0.39 is 0 Å². The van der Waals surface area contributed by atoms with Crippen molar-refractivity contribution in [2.45, 2.75) is 41.5 Å². The zero-order valence-corrected chi connectivity index (χ0v) is 10.9. The predicted octanol–water partition coefficient (Wildman–Crippen LogP) is 3.11. The second-order valence-electron chi connectivity index (χ2n) is 3.00. The third kappa shape index (κ3) is 540. The van der Waals surface area contributed by atoms with E-state index in [1.54, 1.807) is 0 Å². The molecule has 0 saturated carbocycles. The van der Waals surface area contributed by atoms with E-state index in [4.69, 9.17) is 0 Å². The van der Waals surface area contributed by atoms with E-state index in [0.717, 1.165) is 0 Å². The Hall–Kier alpha value is 0.883. The summed E-state index contributed by atoms with van der Waals surface area (Å²) in [6.07, 6.45) is 0. The molecule has 5 radical (unpaired) electrons. The molecule has 0 aromatic heterocycles. The normalized spacial score (nSPS) is 8.00. The molecule has 0 heterocycles. The van der Waals surface area contributed by atoms with Crippen LogP contribution in [-0.2, 0) is 0 Å². The van der Waals surface area contributed by atoms with Gasteiger partial charge in [0, 0.05) is 27.6 Å². The van der Waals surface area contributed by atoms with Gasteiger partial charge in [0.25, 0.3) is 0 Å². The molecular formula is C8H20Bi. The molecule has 0 fully saturated rings. The van der Waals surface area contributed by atoms with Gasteiger partial charge in [-0.1, -0.05) is 41.5 Å². The van der Waals surface area contributed by atoms with Crippen molar-refractivity contribution in [3.63, 3.8) is 0 Å². The van der Waals surface area contributed by atoms with Crippen LogP contribution in [0.2, 0.25) is 0 Å². The van der Waals surface area contributed by atoms with Gasteiger partial charge in [0.15, 0.2) is 0 Å². The fourth-order valence-electron chi connectivity index (χ4n) is 0. The topological polar surface area (TPSA) is 0 Å². The third-order valence-corrected chi connectivity index (χ3v) is 0. The van der Waals surface area contributed by atoms with Crippen LogP contribution in [0, 0.1) is 11.8 Å². The van der Waals surface area contributed by atoms with E-state index in [1.165, 1.54) is 11.8 Å². The molecule has 0 spiro atoms. The minimum Gasteiger partial charge on any atom is -0.0597 e. The van der Waals surface area contributed by atoms with E-state index in [1.807, 2.05) is 0 Å². The minimum atomic E-state index is 0. The first kappa shape index (κ1) is 16.5. The Morgan fingerprint density at radius 3 is 0.667 bits per heavy atom. The molecule has 0 nitrogen and oxygen atoms in total. The SMILES string of the molecule is C[C](C)C.C[C](C)C.[Bi].[HH]. The zero-order valence-electron chi connectivity index (χ0n) is 7.45. The molecule has 0 atom stereocenters. The van der Waals surface area contributed by atoms with Crippen LogP contribution in [0.3, 0.4) is 0 Å². The third-order valence-electron chi connectivity index (χ3n) is 0. The quantitative estimate of drug-likeness (QED) is 0.601. The first-order valence-electron chi connectivity index (χ1n) is 3.00. The van der Waals surface area contributed by atoms with Crippen LogP contribution in [0.25, 0.3) is 0 Å². The molecule has 0 bridgehead atoms. The molecule has 0 saturated heterocycles. The van der Waals surface area contributed by atoms with Crippen molar-refractivity contribution in [1.29, 1.82) is 0 Å². The van der Waals surface area contributed by atoms with Crippen LogP contribution in [0.1, 0.15) is 43.0 Å². The van der Waals surface area contributed by atoms with Gasteiger partial charge in [-0.05, 0) is 11.8 Å². The second-order valence-corrected chi connectivity index (χ2v) is 3.00. The molecule has 0 aliphatic heterocycles. The summed E-state index contributed by atoms with van der Waals surface area (Å²) < 4.78 is 0. The number of hydrogen-bond donors (Lipinski definition) is 0. The smallest absolute Gasteiger partial charge is 0 e. The molecule has 1 heteroatoms. The van der Waals surface area contributed by atoms with Gasteiger partial charge in [-0.15, -0.1) is 0 Å². The molecular weight excluding hydrogens is 305 g/mol. The van der Waals surface area contributed by atoms with E-state index in [2.05, 4.69) is 41.5 Å². The molecule has 0 aromatic carbocycles. The molecule has 0 rings (SSSR count). The Labute approximate surface area is 81.0 Å². The van der Waals surface area contributed by atoms with Crippen molar-refractivity contribution in [3.05, 3.63) is 11.8 Å². The Kier molecular flexibility index (Phi) is 21.3. The van der Waals surface area contributed by atoms with Crippen molar-refractivity contribution in [3.8, 4) is 0 Å². The molecule has 0 N–H and O–H groups in total. The molecule has 0 aliphatic rings. The van der Waals surface area contributed by atoms with Gasteiger partial charge in [-0.2, -0.15) is 0 Å². The fourth-order valence-corrected chi connectivity index (χ4v) is 0. The molecule has 0 aromatic rings. The average molecular weight is 325 g/mol. The summed E-state index contributed by atoms with van der Waals surface area (Å²) in [4.78, 5) is 0. The Morgan fingerprint density at radius 1 is 0.667 bits per heavy atom. The van der Waals surface area contributed by atoms with Crippen LogP contribution in [0.4, 0.5) is 0 Å². The summed E-state index contributed by atoms with van der Waals surface area (Å²) in [5.41, 5.74) is 0. The Bertz CT molecular complexity index is 24.7. The van der Waals surface area contributed by atoms with Crippen LogP contribution < -0.4 is 0 Å². The number of rotatable bonds is 0. The monoisotopic (exact) mass is 325 g/mol. The Morgan fingerprint density at radius 2 is 0.667 bits per heavy atom. The maximum atomic E-state index is 2.08. The first-order valence-corrected chi connectivity index (χ1v) is 3.00. The van der Waals surface area contributed by atoms with Gasteiger partial charge in [0.05, 0.1) is 0 Å². The van der Waals surface area contributed by atoms with Crippen molar-refractivity contribution < 1.29 is 1.43 Å². The van der Waals surface area contributed by atoms with Gasteiger partial charge in [-0.3, -0.25) is 0 Å². The van der Waals surface area contributed by atoms with E-state index >= 15 is 0 Å². The average Bonchev–Trinajstić information content (AvgIpc) is 1.25. The predicted molar refractivity (Wildman–Crippen MR) is 48.4 cm³/mol. The summed E-state index contributed by atoms with van der Waals surface area (Å²) in [5, 5.41) is 0. The van der Waals surface area contributed by atoms with Crippen molar-refractivity contribution in [2.75, 3.05) is 0 Å². The zero-order chi connectivity index (χ0) is 7.15. The van der Waals surface area contributed by atoms with Crippen LogP contribution >= 0.6 is 0 Å². The summed E-state index contributed by atoms with van der Waals surface area (Å²) in [7, 11) is 0. The Balaban J connectivity index is -0.0000000300. The first-order chi connectivity index (χ1) is 3.46. The minimum absolute atomic E-state index is 0. The summed E-state index contributed by atoms with van der Waals surface area (Å²) in [6.45, 7) is 12.5. The molecule has 0 unspecified atom stereocenters.